The molecule has 1 heterocycles. The Balaban J connectivity index is 1.41. The highest BCUT2D eigenvalue weighted by molar-refractivity contribution is 5.76. The second kappa shape index (κ2) is 6.35. The highest BCUT2D eigenvalue weighted by Crippen LogP contribution is 2.27. The number of fused-ring (bicyclic) bond motifs is 1. The lowest BCUT2D eigenvalue weighted by Crippen LogP contribution is -2.29. The van der Waals surface area contributed by atoms with Crippen LogP contribution in [0.4, 0.5) is 0 Å². The number of aromatic nitrogens is 1. The van der Waals surface area contributed by atoms with E-state index in [2.05, 4.69) is 21.7 Å². The van der Waals surface area contributed by atoms with Gasteiger partial charge in [0.25, 0.3) is 0 Å². The number of nitrogens with zero attached hydrogens (tertiary/aromatic N) is 1. The molecule has 2 aliphatic rings. The van der Waals surface area contributed by atoms with Crippen molar-refractivity contribution >= 4 is 5.91 Å². The van der Waals surface area contributed by atoms with Gasteiger partial charge in [-0.3, -0.25) is 9.78 Å². The second-order valence-electron chi connectivity index (χ2n) is 5.89. The van der Waals surface area contributed by atoms with Crippen LogP contribution in [0.25, 0.3) is 0 Å². The van der Waals surface area contributed by atoms with Crippen molar-refractivity contribution in [1.82, 2.24) is 15.6 Å². The average molecular weight is 273 g/mol. The highest BCUT2D eigenvalue weighted by atomic mass is 16.1. The number of pyridine rings is 1. The summed E-state index contributed by atoms with van der Waals surface area (Å²) in [6, 6.07) is 5.04. The van der Waals surface area contributed by atoms with Crippen molar-refractivity contribution in [2.45, 2.75) is 57.0 Å². The van der Waals surface area contributed by atoms with Crippen LogP contribution in [0, 0.1) is 0 Å². The maximum atomic E-state index is 11.6. The molecule has 1 saturated carbocycles. The Labute approximate surface area is 120 Å². The summed E-state index contributed by atoms with van der Waals surface area (Å²) in [6.07, 6.45) is 9.25. The van der Waals surface area contributed by atoms with E-state index in [0.29, 0.717) is 18.5 Å². The number of nitrogens with one attached hydrogen (secondary N) is 2. The molecule has 0 spiro atoms. The molecule has 1 amide bonds. The molecule has 1 unspecified atom stereocenters. The Bertz CT molecular complexity index is 471. The van der Waals surface area contributed by atoms with Gasteiger partial charge in [0.15, 0.2) is 0 Å². The van der Waals surface area contributed by atoms with Crippen molar-refractivity contribution in [2.24, 2.45) is 0 Å². The van der Waals surface area contributed by atoms with Gasteiger partial charge in [-0.2, -0.15) is 0 Å². The van der Waals surface area contributed by atoms with E-state index in [4.69, 9.17) is 0 Å². The van der Waals surface area contributed by atoms with Crippen LogP contribution in [0.15, 0.2) is 18.3 Å². The number of carbonyl (C=O) groups excluding carboxylic acids is 1. The van der Waals surface area contributed by atoms with E-state index in [0.717, 1.165) is 38.6 Å². The van der Waals surface area contributed by atoms with Crippen LogP contribution in [-0.4, -0.2) is 23.5 Å². The van der Waals surface area contributed by atoms with Gasteiger partial charge in [-0.25, -0.2) is 0 Å². The van der Waals surface area contributed by atoms with Gasteiger partial charge in [-0.15, -0.1) is 0 Å². The van der Waals surface area contributed by atoms with Crippen molar-refractivity contribution in [2.75, 3.05) is 6.54 Å². The third-order valence-electron chi connectivity index (χ3n) is 4.11. The molecule has 1 atom stereocenters. The minimum atomic E-state index is 0.205. The van der Waals surface area contributed by atoms with Crippen LogP contribution >= 0.6 is 0 Å². The van der Waals surface area contributed by atoms with Crippen molar-refractivity contribution in [3.05, 3.63) is 29.6 Å². The zero-order chi connectivity index (χ0) is 13.8. The molecule has 20 heavy (non-hydrogen) atoms. The molecule has 0 aliphatic heterocycles. The maximum absolute atomic E-state index is 11.6. The van der Waals surface area contributed by atoms with Crippen LogP contribution in [0.2, 0.25) is 0 Å². The third kappa shape index (κ3) is 3.57. The molecular formula is C16H23N3O. The lowest BCUT2D eigenvalue weighted by Gasteiger charge is -2.25. The molecular weight excluding hydrogens is 250 g/mol. The Kier molecular flexibility index (Phi) is 4.31. The van der Waals surface area contributed by atoms with E-state index in [1.165, 1.54) is 17.7 Å². The van der Waals surface area contributed by atoms with Crippen LogP contribution < -0.4 is 10.6 Å². The molecule has 1 aromatic rings. The summed E-state index contributed by atoms with van der Waals surface area (Å²) in [5.74, 6) is 0.205. The van der Waals surface area contributed by atoms with Gasteiger partial charge >= 0.3 is 0 Å². The first-order chi connectivity index (χ1) is 9.83. The fraction of sp³-hybridized carbons (Fsp3) is 0.625. The number of rotatable bonds is 6. The van der Waals surface area contributed by atoms with Gasteiger partial charge in [0, 0.05) is 24.7 Å². The van der Waals surface area contributed by atoms with Gasteiger partial charge in [0.2, 0.25) is 5.91 Å². The Morgan fingerprint density at radius 3 is 3.10 bits per heavy atom. The summed E-state index contributed by atoms with van der Waals surface area (Å²) >= 11 is 0. The van der Waals surface area contributed by atoms with Crippen LogP contribution in [0.5, 0.6) is 0 Å². The summed E-state index contributed by atoms with van der Waals surface area (Å²) in [7, 11) is 0. The van der Waals surface area contributed by atoms with Gasteiger partial charge in [0.05, 0.1) is 5.69 Å². The minimum Gasteiger partial charge on any atom is -0.353 e. The van der Waals surface area contributed by atoms with E-state index < -0.39 is 0 Å². The molecule has 0 bridgehead atoms. The van der Waals surface area contributed by atoms with Crippen molar-refractivity contribution < 1.29 is 4.79 Å². The predicted octanol–water partition coefficient (Wildman–Crippen LogP) is 2.11. The van der Waals surface area contributed by atoms with Gasteiger partial charge in [0.1, 0.15) is 0 Å². The first-order valence-electron chi connectivity index (χ1n) is 7.79. The Hall–Kier alpha value is -1.42. The summed E-state index contributed by atoms with van der Waals surface area (Å²) < 4.78 is 0. The molecule has 1 aromatic heterocycles. The second-order valence-corrected chi connectivity index (χ2v) is 5.89. The third-order valence-corrected chi connectivity index (χ3v) is 4.11. The molecule has 4 heteroatoms. The van der Waals surface area contributed by atoms with Crippen LogP contribution in [0.1, 0.15) is 55.8 Å². The number of hydrogen-bond donors (Lipinski definition) is 2. The largest absolute Gasteiger partial charge is 0.353 e. The monoisotopic (exact) mass is 273 g/mol. The topological polar surface area (TPSA) is 54.0 Å². The lowest BCUT2D eigenvalue weighted by molar-refractivity contribution is -0.121. The molecule has 3 rings (SSSR count). The smallest absolute Gasteiger partial charge is 0.220 e. The van der Waals surface area contributed by atoms with E-state index in [-0.39, 0.29) is 5.91 Å². The number of carbonyl (C=O) groups is 1. The Morgan fingerprint density at radius 2 is 2.25 bits per heavy atom. The molecule has 0 radical (unpaired) electrons. The van der Waals surface area contributed by atoms with E-state index in [1.54, 1.807) is 0 Å². The van der Waals surface area contributed by atoms with Gasteiger partial charge in [-0.1, -0.05) is 6.07 Å². The Morgan fingerprint density at radius 1 is 1.35 bits per heavy atom. The molecule has 4 nitrogen and oxygen atoms in total. The highest BCUT2D eigenvalue weighted by Gasteiger charge is 2.23. The first kappa shape index (κ1) is 13.6. The minimum absolute atomic E-state index is 0.205. The zero-order valence-corrected chi connectivity index (χ0v) is 11.9. The lowest BCUT2D eigenvalue weighted by atomic mass is 9.92. The van der Waals surface area contributed by atoms with Gasteiger partial charge in [-0.05, 0) is 56.7 Å². The fourth-order valence-corrected chi connectivity index (χ4v) is 2.86. The molecule has 2 aliphatic carbocycles. The molecule has 1 fully saturated rings. The van der Waals surface area contributed by atoms with Crippen molar-refractivity contribution in [3.8, 4) is 0 Å². The fourth-order valence-electron chi connectivity index (χ4n) is 2.86. The van der Waals surface area contributed by atoms with Gasteiger partial charge < -0.3 is 10.6 Å². The van der Waals surface area contributed by atoms with Crippen LogP contribution in [-0.2, 0) is 11.2 Å². The molecule has 108 valence electrons. The number of aryl methyl sites for hydroxylation is 1. The first-order valence-corrected chi connectivity index (χ1v) is 7.79. The maximum Gasteiger partial charge on any atom is 0.220 e. The summed E-state index contributed by atoms with van der Waals surface area (Å²) in [6.45, 7) is 0.888. The van der Waals surface area contributed by atoms with E-state index >= 15 is 0 Å². The van der Waals surface area contributed by atoms with E-state index in [9.17, 15) is 4.79 Å². The molecule has 2 N–H and O–H groups in total. The SMILES string of the molecule is O=C(CCCNC1CCCc2cccnc21)NC1CC1. The summed E-state index contributed by atoms with van der Waals surface area (Å²) in [5.41, 5.74) is 2.59. The standard InChI is InChI=1S/C16H23N3O/c20-15(19-13-8-9-13)7-3-10-17-14-6-1-4-12-5-2-11-18-16(12)14/h2,5,11,13-14,17H,1,3-4,6-10H2,(H,19,20). The number of hydrogen-bond acceptors (Lipinski definition) is 3. The number of amides is 1. The average Bonchev–Trinajstić information content (AvgIpc) is 3.27. The van der Waals surface area contributed by atoms with E-state index in [1.807, 2.05) is 12.3 Å². The summed E-state index contributed by atoms with van der Waals surface area (Å²) in [4.78, 5) is 16.1. The quantitative estimate of drug-likeness (QED) is 0.781. The summed E-state index contributed by atoms with van der Waals surface area (Å²) in [5, 5.41) is 6.59. The molecule has 0 aromatic carbocycles. The van der Waals surface area contributed by atoms with Crippen molar-refractivity contribution in [3.63, 3.8) is 0 Å². The van der Waals surface area contributed by atoms with Crippen molar-refractivity contribution in [1.29, 1.82) is 0 Å². The van der Waals surface area contributed by atoms with Crippen LogP contribution in [0.3, 0.4) is 0 Å². The predicted molar refractivity (Wildman–Crippen MR) is 78.3 cm³/mol. The molecule has 0 saturated heterocycles. The zero-order valence-electron chi connectivity index (χ0n) is 11.9. The normalized spacial score (nSPS) is 21.3.